The lowest BCUT2D eigenvalue weighted by Crippen LogP contribution is -2.38. The minimum atomic E-state index is 0.208. The first-order valence-corrected chi connectivity index (χ1v) is 7.19. The van der Waals surface area contributed by atoms with E-state index in [9.17, 15) is 5.11 Å². The van der Waals surface area contributed by atoms with Crippen LogP contribution in [0.3, 0.4) is 0 Å². The molecule has 1 saturated heterocycles. The number of nitrogens with one attached hydrogen (secondary N) is 1. The van der Waals surface area contributed by atoms with E-state index in [-0.39, 0.29) is 6.61 Å². The van der Waals surface area contributed by atoms with Crippen molar-refractivity contribution >= 4 is 11.9 Å². The number of anilines is 2. The molecule has 7 heteroatoms. The van der Waals surface area contributed by atoms with Crippen LogP contribution in [0.4, 0.5) is 11.9 Å². The molecule has 0 aliphatic carbocycles. The van der Waals surface area contributed by atoms with Gasteiger partial charge in [-0.25, -0.2) is 0 Å². The van der Waals surface area contributed by atoms with Gasteiger partial charge in [0.15, 0.2) is 0 Å². The molecular formula is C13H23N5O2. The van der Waals surface area contributed by atoms with Gasteiger partial charge in [-0.2, -0.15) is 15.0 Å². The van der Waals surface area contributed by atoms with Crippen LogP contribution in [0.1, 0.15) is 26.2 Å². The second kappa shape index (κ2) is 7.23. The van der Waals surface area contributed by atoms with Crippen LogP contribution in [0.2, 0.25) is 0 Å². The molecule has 1 aromatic rings. The summed E-state index contributed by atoms with van der Waals surface area (Å²) in [5.41, 5.74) is 0. The van der Waals surface area contributed by atoms with Crippen molar-refractivity contribution in [1.82, 2.24) is 15.0 Å². The van der Waals surface area contributed by atoms with Gasteiger partial charge in [0.25, 0.3) is 0 Å². The molecule has 0 amide bonds. The highest BCUT2D eigenvalue weighted by atomic mass is 16.5. The highest BCUT2D eigenvalue weighted by Crippen LogP contribution is 2.22. The molecule has 0 saturated carbocycles. The van der Waals surface area contributed by atoms with E-state index in [0.29, 0.717) is 30.4 Å². The van der Waals surface area contributed by atoms with Crippen LogP contribution in [0.25, 0.3) is 0 Å². The Labute approximate surface area is 119 Å². The molecule has 1 atom stereocenters. The second-order valence-corrected chi connectivity index (χ2v) is 4.98. The van der Waals surface area contributed by atoms with Gasteiger partial charge in [-0.1, -0.05) is 6.92 Å². The van der Waals surface area contributed by atoms with E-state index in [1.54, 1.807) is 7.05 Å². The number of ether oxygens (including phenoxy) is 1. The number of aliphatic hydroxyl groups is 1. The number of hydrogen-bond acceptors (Lipinski definition) is 7. The van der Waals surface area contributed by atoms with Crippen molar-refractivity contribution < 1.29 is 9.84 Å². The number of aliphatic hydroxyl groups excluding tert-OH is 1. The number of aromatic nitrogens is 3. The van der Waals surface area contributed by atoms with Gasteiger partial charge >= 0.3 is 6.01 Å². The van der Waals surface area contributed by atoms with Crippen molar-refractivity contribution in [2.75, 3.05) is 43.6 Å². The molecule has 2 N–H and O–H groups in total. The SMILES string of the molecule is CCCOc1nc(NC)nc(N2CCCC(CO)C2)n1. The van der Waals surface area contributed by atoms with Gasteiger partial charge in [0, 0.05) is 26.7 Å². The smallest absolute Gasteiger partial charge is 0.323 e. The Morgan fingerprint density at radius 1 is 1.40 bits per heavy atom. The zero-order valence-electron chi connectivity index (χ0n) is 12.2. The van der Waals surface area contributed by atoms with Crippen LogP contribution in [-0.2, 0) is 0 Å². The van der Waals surface area contributed by atoms with Gasteiger partial charge in [0.2, 0.25) is 11.9 Å². The molecule has 20 heavy (non-hydrogen) atoms. The summed E-state index contributed by atoms with van der Waals surface area (Å²) in [6, 6.07) is 0.354. The Morgan fingerprint density at radius 2 is 2.25 bits per heavy atom. The van der Waals surface area contributed by atoms with Gasteiger partial charge in [0.1, 0.15) is 0 Å². The maximum absolute atomic E-state index is 9.31. The van der Waals surface area contributed by atoms with Crippen molar-refractivity contribution in [2.24, 2.45) is 5.92 Å². The third-order valence-electron chi connectivity index (χ3n) is 3.32. The molecule has 0 spiro atoms. The summed E-state index contributed by atoms with van der Waals surface area (Å²) in [7, 11) is 1.77. The third kappa shape index (κ3) is 3.69. The number of rotatable bonds is 6. The number of hydrogen-bond donors (Lipinski definition) is 2. The third-order valence-corrected chi connectivity index (χ3v) is 3.32. The van der Waals surface area contributed by atoms with E-state index in [4.69, 9.17) is 4.74 Å². The lowest BCUT2D eigenvalue weighted by atomic mass is 9.99. The first kappa shape index (κ1) is 14.8. The standard InChI is InChI=1S/C13H23N5O2/c1-3-7-20-13-16-11(14-2)15-12(17-13)18-6-4-5-10(8-18)9-19/h10,19H,3-9H2,1-2H3,(H,14,15,16,17). The zero-order valence-corrected chi connectivity index (χ0v) is 12.2. The Morgan fingerprint density at radius 3 is 2.95 bits per heavy atom. The van der Waals surface area contributed by atoms with Gasteiger partial charge in [-0.05, 0) is 25.2 Å². The van der Waals surface area contributed by atoms with Crippen LogP contribution < -0.4 is 15.0 Å². The van der Waals surface area contributed by atoms with Crippen LogP contribution in [0.15, 0.2) is 0 Å². The van der Waals surface area contributed by atoms with Gasteiger partial charge in [-0.15, -0.1) is 0 Å². The first-order chi connectivity index (χ1) is 9.76. The fourth-order valence-electron chi connectivity index (χ4n) is 2.25. The van der Waals surface area contributed by atoms with E-state index in [1.807, 2.05) is 6.92 Å². The predicted octanol–water partition coefficient (Wildman–Crippen LogP) is 0.911. The number of piperidine rings is 1. The highest BCUT2D eigenvalue weighted by Gasteiger charge is 2.22. The van der Waals surface area contributed by atoms with Crippen LogP contribution in [0, 0.1) is 5.92 Å². The molecule has 1 aliphatic heterocycles. The lowest BCUT2D eigenvalue weighted by molar-refractivity contribution is 0.208. The van der Waals surface area contributed by atoms with E-state index in [2.05, 4.69) is 25.2 Å². The molecule has 7 nitrogen and oxygen atoms in total. The summed E-state index contributed by atoms with van der Waals surface area (Å²) in [4.78, 5) is 15.0. The summed E-state index contributed by atoms with van der Waals surface area (Å²) >= 11 is 0. The van der Waals surface area contributed by atoms with E-state index in [0.717, 1.165) is 32.4 Å². The first-order valence-electron chi connectivity index (χ1n) is 7.19. The maximum Gasteiger partial charge on any atom is 0.323 e. The van der Waals surface area contributed by atoms with Crippen molar-refractivity contribution in [1.29, 1.82) is 0 Å². The summed E-state index contributed by atoms with van der Waals surface area (Å²) in [6.45, 7) is 4.51. The molecule has 0 aromatic carbocycles. The van der Waals surface area contributed by atoms with E-state index >= 15 is 0 Å². The van der Waals surface area contributed by atoms with Crippen molar-refractivity contribution in [2.45, 2.75) is 26.2 Å². The second-order valence-electron chi connectivity index (χ2n) is 4.98. The summed E-state index contributed by atoms with van der Waals surface area (Å²) in [5.74, 6) is 1.42. The van der Waals surface area contributed by atoms with Crippen LogP contribution in [-0.4, -0.2) is 53.4 Å². The predicted molar refractivity (Wildman–Crippen MR) is 77.2 cm³/mol. The summed E-state index contributed by atoms with van der Waals surface area (Å²) in [5, 5.41) is 12.2. The Hall–Kier alpha value is -1.63. The van der Waals surface area contributed by atoms with Gasteiger partial charge in [0.05, 0.1) is 6.61 Å². The normalized spacial score (nSPS) is 18.9. The molecule has 2 rings (SSSR count). The van der Waals surface area contributed by atoms with Gasteiger partial charge < -0.3 is 20.1 Å². The van der Waals surface area contributed by atoms with Crippen LogP contribution in [0.5, 0.6) is 6.01 Å². The van der Waals surface area contributed by atoms with Crippen molar-refractivity contribution in [3.63, 3.8) is 0 Å². The van der Waals surface area contributed by atoms with Crippen molar-refractivity contribution in [3.8, 4) is 6.01 Å². The minimum absolute atomic E-state index is 0.208. The molecule has 1 aliphatic rings. The molecular weight excluding hydrogens is 258 g/mol. The summed E-state index contributed by atoms with van der Waals surface area (Å²) in [6.07, 6.45) is 3.00. The maximum atomic E-state index is 9.31. The average molecular weight is 281 g/mol. The van der Waals surface area contributed by atoms with E-state index in [1.165, 1.54) is 0 Å². The quantitative estimate of drug-likeness (QED) is 0.802. The van der Waals surface area contributed by atoms with Crippen LogP contribution >= 0.6 is 0 Å². The summed E-state index contributed by atoms with van der Waals surface area (Å²) < 4.78 is 5.50. The van der Waals surface area contributed by atoms with Gasteiger partial charge in [-0.3, -0.25) is 0 Å². The topological polar surface area (TPSA) is 83.4 Å². The van der Waals surface area contributed by atoms with E-state index < -0.39 is 0 Å². The molecule has 0 bridgehead atoms. The molecule has 1 aromatic heterocycles. The van der Waals surface area contributed by atoms with Crippen molar-refractivity contribution in [3.05, 3.63) is 0 Å². The number of nitrogens with zero attached hydrogens (tertiary/aromatic N) is 4. The minimum Gasteiger partial charge on any atom is -0.463 e. The Kier molecular flexibility index (Phi) is 5.34. The monoisotopic (exact) mass is 281 g/mol. The molecule has 2 heterocycles. The lowest BCUT2D eigenvalue weighted by Gasteiger charge is -2.31. The molecule has 112 valence electrons. The molecule has 1 unspecified atom stereocenters. The Balaban J connectivity index is 2.16. The molecule has 1 fully saturated rings. The average Bonchev–Trinajstić information content (AvgIpc) is 2.52. The largest absolute Gasteiger partial charge is 0.463 e. The Bertz CT molecular complexity index is 429. The molecule has 0 radical (unpaired) electrons. The fraction of sp³-hybridized carbons (Fsp3) is 0.769. The zero-order chi connectivity index (χ0) is 14.4. The highest BCUT2D eigenvalue weighted by molar-refractivity contribution is 5.38. The fourth-order valence-corrected chi connectivity index (χ4v) is 2.25.